The number of hydrogen-bond donors (Lipinski definition) is 1. The van der Waals surface area contributed by atoms with Gasteiger partial charge >= 0.3 is 0 Å². The number of hydrogen-bond acceptors (Lipinski definition) is 5. The molecule has 0 saturated heterocycles. The lowest BCUT2D eigenvalue weighted by Gasteiger charge is -2.21. The van der Waals surface area contributed by atoms with Gasteiger partial charge in [0.05, 0.1) is 6.20 Å². The van der Waals surface area contributed by atoms with Crippen LogP contribution in [0.3, 0.4) is 0 Å². The van der Waals surface area contributed by atoms with Crippen molar-refractivity contribution >= 4 is 17.5 Å². The summed E-state index contributed by atoms with van der Waals surface area (Å²) in [6.07, 6.45) is 2.61. The molecule has 0 aliphatic heterocycles. The summed E-state index contributed by atoms with van der Waals surface area (Å²) in [5.74, 6) is 1.35. The first-order valence-corrected chi connectivity index (χ1v) is 8.17. The van der Waals surface area contributed by atoms with Gasteiger partial charge < -0.3 is 10.2 Å². The van der Waals surface area contributed by atoms with Gasteiger partial charge in [0.15, 0.2) is 5.82 Å². The molecule has 0 aliphatic rings. The van der Waals surface area contributed by atoms with Crippen LogP contribution >= 0.6 is 0 Å². The zero-order chi connectivity index (χ0) is 16.6. The zero-order valence-corrected chi connectivity index (χ0v) is 13.8. The van der Waals surface area contributed by atoms with E-state index >= 15 is 0 Å². The van der Waals surface area contributed by atoms with Gasteiger partial charge in [-0.15, -0.1) is 5.10 Å². The lowest BCUT2D eigenvalue weighted by Crippen LogP contribution is -2.19. The Kier molecular flexibility index (Phi) is 5.35. The minimum absolute atomic E-state index is 0.554. The Bertz CT molecular complexity index is 746. The van der Waals surface area contributed by atoms with E-state index in [4.69, 9.17) is 0 Å². The topological polar surface area (TPSA) is 53.9 Å². The van der Waals surface area contributed by atoms with Crippen LogP contribution in [0.1, 0.15) is 12.5 Å². The average Bonchev–Trinajstić information content (AvgIpc) is 2.65. The van der Waals surface area contributed by atoms with Crippen molar-refractivity contribution in [3.8, 4) is 0 Å². The van der Waals surface area contributed by atoms with E-state index in [-0.39, 0.29) is 0 Å². The molecule has 0 atom stereocenters. The summed E-state index contributed by atoms with van der Waals surface area (Å²) in [6, 6.07) is 20.5. The monoisotopic (exact) mass is 319 g/mol. The fourth-order valence-corrected chi connectivity index (χ4v) is 2.55. The smallest absolute Gasteiger partial charge is 0.244 e. The predicted octanol–water partition coefficient (Wildman–Crippen LogP) is 3.68. The summed E-state index contributed by atoms with van der Waals surface area (Å²) in [5.41, 5.74) is 2.38. The van der Waals surface area contributed by atoms with Gasteiger partial charge in [-0.1, -0.05) is 48.5 Å². The van der Waals surface area contributed by atoms with Crippen LogP contribution in [0, 0.1) is 0 Å². The third-order valence-corrected chi connectivity index (χ3v) is 3.75. The molecule has 5 nitrogen and oxygen atoms in total. The molecule has 5 heteroatoms. The summed E-state index contributed by atoms with van der Waals surface area (Å²) in [6.45, 7) is 3.68. The summed E-state index contributed by atoms with van der Waals surface area (Å²) < 4.78 is 0. The Morgan fingerprint density at radius 1 is 0.958 bits per heavy atom. The minimum Gasteiger partial charge on any atom is -0.353 e. The first-order chi connectivity index (χ1) is 11.9. The number of rotatable bonds is 7. The van der Waals surface area contributed by atoms with Crippen LogP contribution in [-0.2, 0) is 6.42 Å². The quantitative estimate of drug-likeness (QED) is 0.720. The van der Waals surface area contributed by atoms with Crippen molar-refractivity contribution in [3.05, 3.63) is 72.4 Å². The lowest BCUT2D eigenvalue weighted by atomic mass is 10.1. The Hall–Kier alpha value is -2.95. The zero-order valence-electron chi connectivity index (χ0n) is 13.8. The van der Waals surface area contributed by atoms with Gasteiger partial charge in [-0.2, -0.15) is 10.1 Å². The Labute approximate surface area is 142 Å². The molecular formula is C19H21N5. The highest BCUT2D eigenvalue weighted by atomic mass is 15.3. The Balaban J connectivity index is 1.67. The fraction of sp³-hybridized carbons (Fsp3) is 0.211. The largest absolute Gasteiger partial charge is 0.353 e. The predicted molar refractivity (Wildman–Crippen MR) is 97.6 cm³/mol. The molecule has 0 aliphatic carbocycles. The molecule has 3 rings (SSSR count). The van der Waals surface area contributed by atoms with Crippen molar-refractivity contribution < 1.29 is 0 Å². The summed E-state index contributed by atoms with van der Waals surface area (Å²) >= 11 is 0. The second kappa shape index (κ2) is 8.06. The van der Waals surface area contributed by atoms with Crippen LogP contribution in [0.4, 0.5) is 17.5 Å². The van der Waals surface area contributed by atoms with Gasteiger partial charge in [0.25, 0.3) is 0 Å². The van der Waals surface area contributed by atoms with Gasteiger partial charge in [-0.25, -0.2) is 0 Å². The van der Waals surface area contributed by atoms with Crippen LogP contribution in [-0.4, -0.2) is 28.3 Å². The maximum absolute atomic E-state index is 4.59. The van der Waals surface area contributed by atoms with Crippen LogP contribution in [0.25, 0.3) is 0 Å². The van der Waals surface area contributed by atoms with E-state index in [9.17, 15) is 0 Å². The van der Waals surface area contributed by atoms with Gasteiger partial charge in [0.1, 0.15) is 0 Å². The molecule has 24 heavy (non-hydrogen) atoms. The highest BCUT2D eigenvalue weighted by Crippen LogP contribution is 2.22. The number of para-hydroxylation sites is 1. The molecule has 0 radical (unpaired) electrons. The van der Waals surface area contributed by atoms with E-state index < -0.39 is 0 Å². The number of benzene rings is 2. The first-order valence-electron chi connectivity index (χ1n) is 8.17. The van der Waals surface area contributed by atoms with E-state index in [1.807, 2.05) is 36.4 Å². The molecule has 0 unspecified atom stereocenters. The van der Waals surface area contributed by atoms with E-state index in [2.05, 4.69) is 56.6 Å². The molecule has 2 aromatic carbocycles. The minimum atomic E-state index is 0.554. The third-order valence-electron chi connectivity index (χ3n) is 3.75. The molecule has 1 aromatic heterocycles. The summed E-state index contributed by atoms with van der Waals surface area (Å²) in [7, 11) is 0. The van der Waals surface area contributed by atoms with Crippen LogP contribution in [0.2, 0.25) is 0 Å². The molecule has 0 fully saturated rings. The van der Waals surface area contributed by atoms with Crippen LogP contribution < -0.4 is 10.2 Å². The maximum atomic E-state index is 4.59. The number of anilines is 3. The molecule has 0 amide bonds. The van der Waals surface area contributed by atoms with Crippen molar-refractivity contribution in [3.63, 3.8) is 0 Å². The SMILES string of the molecule is CCN(c1ccccc1)c1cnnc(NCCc2ccccc2)n1. The van der Waals surface area contributed by atoms with Crippen molar-refractivity contribution in [1.82, 2.24) is 15.2 Å². The second-order valence-corrected chi connectivity index (χ2v) is 5.38. The van der Waals surface area contributed by atoms with Gasteiger partial charge in [-0.05, 0) is 31.0 Å². The molecule has 122 valence electrons. The molecule has 0 spiro atoms. The summed E-state index contributed by atoms with van der Waals surface area (Å²) in [4.78, 5) is 6.70. The fourth-order valence-electron chi connectivity index (χ4n) is 2.55. The third kappa shape index (κ3) is 4.07. The Morgan fingerprint density at radius 2 is 1.67 bits per heavy atom. The van der Waals surface area contributed by atoms with E-state index in [0.717, 1.165) is 31.0 Å². The molecule has 0 saturated carbocycles. The number of nitrogens with zero attached hydrogens (tertiary/aromatic N) is 4. The second-order valence-electron chi connectivity index (χ2n) is 5.38. The van der Waals surface area contributed by atoms with E-state index in [1.165, 1.54) is 5.56 Å². The molecule has 0 bridgehead atoms. The van der Waals surface area contributed by atoms with Crippen molar-refractivity contribution in [2.75, 3.05) is 23.3 Å². The molecular weight excluding hydrogens is 298 g/mol. The first kappa shape index (κ1) is 15.9. The highest BCUT2D eigenvalue weighted by Gasteiger charge is 2.10. The van der Waals surface area contributed by atoms with Crippen molar-refractivity contribution in [1.29, 1.82) is 0 Å². The Morgan fingerprint density at radius 3 is 2.38 bits per heavy atom. The molecule has 1 N–H and O–H groups in total. The van der Waals surface area contributed by atoms with Crippen LogP contribution in [0.5, 0.6) is 0 Å². The van der Waals surface area contributed by atoms with Crippen molar-refractivity contribution in [2.45, 2.75) is 13.3 Å². The summed E-state index contributed by atoms with van der Waals surface area (Å²) in [5, 5.41) is 11.4. The average molecular weight is 319 g/mol. The van der Waals surface area contributed by atoms with E-state index in [0.29, 0.717) is 5.95 Å². The van der Waals surface area contributed by atoms with Gasteiger partial charge in [0, 0.05) is 18.8 Å². The van der Waals surface area contributed by atoms with Crippen LogP contribution in [0.15, 0.2) is 66.9 Å². The molecule has 1 heterocycles. The number of nitrogens with one attached hydrogen (secondary N) is 1. The number of aromatic nitrogens is 3. The van der Waals surface area contributed by atoms with Gasteiger partial charge in [0.2, 0.25) is 5.95 Å². The van der Waals surface area contributed by atoms with Crippen molar-refractivity contribution in [2.24, 2.45) is 0 Å². The normalized spacial score (nSPS) is 10.4. The van der Waals surface area contributed by atoms with Gasteiger partial charge in [-0.3, -0.25) is 0 Å². The maximum Gasteiger partial charge on any atom is 0.244 e. The lowest BCUT2D eigenvalue weighted by molar-refractivity contribution is 0.896. The highest BCUT2D eigenvalue weighted by molar-refractivity contribution is 5.59. The molecule has 3 aromatic rings. The standard InChI is InChI=1S/C19H21N5/c1-2-24(17-11-7-4-8-12-17)18-15-21-23-19(22-18)20-14-13-16-9-5-3-6-10-16/h3-12,15H,2,13-14H2,1H3,(H,20,22,23). The van der Waals surface area contributed by atoms with E-state index in [1.54, 1.807) is 6.20 Å².